The molecule has 1 aliphatic heterocycles. The van der Waals surface area contributed by atoms with Crippen LogP contribution in [0, 0.1) is 12.7 Å². The number of hydrogen-bond donors (Lipinski definition) is 1. The number of aryl methyl sites for hydroxylation is 1. The summed E-state index contributed by atoms with van der Waals surface area (Å²) in [7, 11) is 2.99. The number of benzene rings is 1. The third-order valence-corrected chi connectivity index (χ3v) is 8.06. The van der Waals surface area contributed by atoms with Crippen molar-refractivity contribution in [2.75, 3.05) is 34.0 Å². The van der Waals surface area contributed by atoms with Gasteiger partial charge in [-0.3, -0.25) is 14.2 Å². The number of aromatic nitrogens is 4. The van der Waals surface area contributed by atoms with Crippen molar-refractivity contribution in [3.05, 3.63) is 74.4 Å². The Hall–Kier alpha value is -3.81. The highest BCUT2D eigenvalue weighted by Gasteiger charge is 2.32. The molecule has 1 fully saturated rings. The molecule has 1 saturated heterocycles. The van der Waals surface area contributed by atoms with Crippen molar-refractivity contribution >= 4 is 27.5 Å². The molecule has 1 aromatic carbocycles. The minimum atomic E-state index is -0.940. The Kier molecular flexibility index (Phi) is 7.64. The molecule has 0 bridgehead atoms. The van der Waals surface area contributed by atoms with Crippen LogP contribution >= 0.6 is 11.3 Å². The Morgan fingerprint density at radius 3 is 2.72 bits per heavy atom. The molecule has 1 N–H and O–H groups in total. The molecular formula is C26H28FN5O6S. The van der Waals surface area contributed by atoms with Crippen molar-refractivity contribution in [1.29, 1.82) is 0 Å². The van der Waals surface area contributed by atoms with Crippen molar-refractivity contribution in [2.24, 2.45) is 0 Å². The van der Waals surface area contributed by atoms with Gasteiger partial charge in [0.2, 0.25) is 5.91 Å². The number of thiophene rings is 1. The molecule has 13 heteroatoms. The van der Waals surface area contributed by atoms with Crippen LogP contribution in [0.1, 0.15) is 29.7 Å². The number of hydrogen-bond acceptors (Lipinski definition) is 8. The van der Waals surface area contributed by atoms with Crippen LogP contribution in [-0.2, 0) is 20.8 Å². The molecule has 2 unspecified atom stereocenters. The van der Waals surface area contributed by atoms with E-state index in [0.29, 0.717) is 45.1 Å². The van der Waals surface area contributed by atoms with Crippen molar-refractivity contribution in [2.45, 2.75) is 32.0 Å². The number of ether oxygens (including phenoxy) is 3. The fourth-order valence-corrected chi connectivity index (χ4v) is 6.11. The van der Waals surface area contributed by atoms with E-state index in [1.165, 1.54) is 48.3 Å². The van der Waals surface area contributed by atoms with Gasteiger partial charge in [0.05, 0.1) is 32.3 Å². The standard InChI is InChI=1S/C26H28FN5O6S/c1-15-21-23(34)32(18-7-9-28-22(18)33)26(35)30(25(21)39-24(15)31-10-4-8-29-31)14-20(38-12-11-36-2)17-13-16(27)5-6-19(17)37-3/h4-6,8,10,13,18,20H,7,9,11-12,14H2,1-3H3,(H,28,33). The Morgan fingerprint density at radius 2 is 2.05 bits per heavy atom. The third-order valence-electron chi connectivity index (χ3n) is 6.76. The maximum Gasteiger partial charge on any atom is 0.332 e. The average Bonchev–Trinajstić information content (AvgIpc) is 3.67. The van der Waals surface area contributed by atoms with Crippen LogP contribution in [0.25, 0.3) is 15.2 Å². The quantitative estimate of drug-likeness (QED) is 0.297. The van der Waals surface area contributed by atoms with Gasteiger partial charge in [0.1, 0.15) is 33.5 Å². The summed E-state index contributed by atoms with van der Waals surface area (Å²) in [6, 6.07) is 4.88. The highest BCUT2D eigenvalue weighted by molar-refractivity contribution is 7.21. The Labute approximate surface area is 226 Å². The van der Waals surface area contributed by atoms with E-state index < -0.39 is 29.2 Å². The molecule has 0 aliphatic carbocycles. The molecule has 0 saturated carbocycles. The summed E-state index contributed by atoms with van der Waals surface area (Å²) in [6.45, 7) is 2.49. The Morgan fingerprint density at radius 1 is 1.23 bits per heavy atom. The SMILES string of the molecule is COCCOC(Cn1c(=O)n(C2CCNC2=O)c(=O)c2c(C)c(-n3cccn3)sc21)c1cc(F)ccc1OC. The van der Waals surface area contributed by atoms with Gasteiger partial charge < -0.3 is 19.5 Å². The fourth-order valence-electron chi connectivity index (χ4n) is 4.86. The first-order valence-corrected chi connectivity index (χ1v) is 13.2. The second kappa shape index (κ2) is 11.1. The van der Waals surface area contributed by atoms with Gasteiger partial charge in [0, 0.05) is 37.2 Å². The minimum absolute atomic E-state index is 0.0774. The predicted molar refractivity (Wildman–Crippen MR) is 142 cm³/mol. The summed E-state index contributed by atoms with van der Waals surface area (Å²) in [6.07, 6.45) is 2.83. The van der Waals surface area contributed by atoms with E-state index in [1.54, 1.807) is 30.1 Å². The van der Waals surface area contributed by atoms with Gasteiger partial charge in [-0.2, -0.15) is 5.10 Å². The van der Waals surface area contributed by atoms with E-state index >= 15 is 0 Å². The minimum Gasteiger partial charge on any atom is -0.496 e. The molecule has 5 rings (SSSR count). The molecule has 0 spiro atoms. The first kappa shape index (κ1) is 26.8. The van der Waals surface area contributed by atoms with Crippen molar-refractivity contribution in [3.8, 4) is 10.8 Å². The van der Waals surface area contributed by atoms with Gasteiger partial charge in [0.15, 0.2) is 0 Å². The van der Waals surface area contributed by atoms with Gasteiger partial charge >= 0.3 is 5.69 Å². The van der Waals surface area contributed by atoms with Gasteiger partial charge in [-0.1, -0.05) is 11.3 Å². The summed E-state index contributed by atoms with van der Waals surface area (Å²) in [5, 5.41) is 7.97. The lowest BCUT2D eigenvalue weighted by molar-refractivity contribution is -0.122. The third kappa shape index (κ3) is 4.88. The average molecular weight is 558 g/mol. The summed E-state index contributed by atoms with van der Waals surface area (Å²) in [4.78, 5) is 40.8. The fraction of sp³-hybridized carbons (Fsp3) is 0.385. The smallest absolute Gasteiger partial charge is 0.332 e. The molecule has 206 valence electrons. The summed E-state index contributed by atoms with van der Waals surface area (Å²) < 4.78 is 35.1. The van der Waals surface area contributed by atoms with E-state index in [9.17, 15) is 18.8 Å². The molecule has 0 radical (unpaired) electrons. The van der Waals surface area contributed by atoms with Crippen molar-refractivity contribution in [1.82, 2.24) is 24.2 Å². The first-order chi connectivity index (χ1) is 18.8. The van der Waals surface area contributed by atoms with Crippen LogP contribution in [-0.4, -0.2) is 58.8 Å². The molecule has 11 nitrogen and oxygen atoms in total. The highest BCUT2D eigenvalue weighted by atomic mass is 32.1. The van der Waals surface area contributed by atoms with Crippen LogP contribution in [0.3, 0.4) is 0 Å². The lowest BCUT2D eigenvalue weighted by atomic mass is 10.1. The number of fused-ring (bicyclic) bond motifs is 1. The number of nitrogens with zero attached hydrogens (tertiary/aromatic N) is 4. The Bertz CT molecular complexity index is 1630. The second-order valence-electron chi connectivity index (χ2n) is 9.07. The van der Waals surface area contributed by atoms with E-state index in [2.05, 4.69) is 10.4 Å². The summed E-state index contributed by atoms with van der Waals surface area (Å²) in [5.74, 6) is -0.504. The molecule has 39 heavy (non-hydrogen) atoms. The summed E-state index contributed by atoms with van der Waals surface area (Å²) >= 11 is 1.23. The number of carbonyl (C=O) groups is 1. The van der Waals surface area contributed by atoms with E-state index in [4.69, 9.17) is 14.2 Å². The lowest BCUT2D eigenvalue weighted by Gasteiger charge is -2.23. The number of rotatable bonds is 10. The maximum atomic E-state index is 14.4. The number of nitrogens with one attached hydrogen (secondary N) is 1. The van der Waals surface area contributed by atoms with Gasteiger partial charge in [0.25, 0.3) is 5.56 Å². The zero-order valence-corrected chi connectivity index (χ0v) is 22.5. The van der Waals surface area contributed by atoms with Gasteiger partial charge in [-0.25, -0.2) is 18.4 Å². The topological polar surface area (TPSA) is 119 Å². The second-order valence-corrected chi connectivity index (χ2v) is 10.0. The van der Waals surface area contributed by atoms with E-state index in [0.717, 1.165) is 4.57 Å². The van der Waals surface area contributed by atoms with Gasteiger partial charge in [-0.15, -0.1) is 0 Å². The number of methoxy groups -OCH3 is 2. The number of carbonyl (C=O) groups excluding carboxylic acids is 1. The molecule has 1 amide bonds. The molecule has 1 aliphatic rings. The molecule has 2 atom stereocenters. The first-order valence-electron chi connectivity index (χ1n) is 12.4. The molecule has 3 aromatic heterocycles. The van der Waals surface area contributed by atoms with Crippen molar-refractivity contribution in [3.63, 3.8) is 0 Å². The number of halogens is 1. The zero-order valence-electron chi connectivity index (χ0n) is 21.7. The van der Waals surface area contributed by atoms with Crippen LogP contribution in [0.4, 0.5) is 4.39 Å². The van der Waals surface area contributed by atoms with E-state index in [1.807, 2.05) is 0 Å². The molecule has 4 heterocycles. The summed E-state index contributed by atoms with van der Waals surface area (Å²) in [5.41, 5.74) is -0.172. The largest absolute Gasteiger partial charge is 0.496 e. The van der Waals surface area contributed by atoms with Crippen LogP contribution < -0.4 is 21.3 Å². The van der Waals surface area contributed by atoms with Crippen molar-refractivity contribution < 1.29 is 23.4 Å². The maximum absolute atomic E-state index is 14.4. The number of amides is 1. The van der Waals surface area contributed by atoms with E-state index in [-0.39, 0.29) is 25.7 Å². The normalized spacial score (nSPS) is 16.1. The van der Waals surface area contributed by atoms with Crippen LogP contribution in [0.2, 0.25) is 0 Å². The van der Waals surface area contributed by atoms with Gasteiger partial charge in [-0.05, 0) is 37.6 Å². The van der Waals surface area contributed by atoms with Crippen LogP contribution in [0.5, 0.6) is 5.75 Å². The zero-order chi connectivity index (χ0) is 27.7. The molecule has 4 aromatic rings. The molecular weight excluding hydrogens is 529 g/mol. The Balaban J connectivity index is 1.74. The lowest BCUT2D eigenvalue weighted by Crippen LogP contribution is -2.44. The monoisotopic (exact) mass is 557 g/mol. The predicted octanol–water partition coefficient (Wildman–Crippen LogP) is 2.33. The van der Waals surface area contributed by atoms with Crippen LogP contribution in [0.15, 0.2) is 46.2 Å². The highest BCUT2D eigenvalue weighted by Crippen LogP contribution is 2.34.